The number of amides is 1. The molecule has 0 saturated carbocycles. The number of nitrogens with zero attached hydrogens (tertiary/aromatic N) is 3. The third-order valence-electron chi connectivity index (χ3n) is 5.20. The van der Waals surface area contributed by atoms with Crippen LogP contribution < -0.4 is 21.3 Å². The lowest BCUT2D eigenvalue weighted by Gasteiger charge is -2.10. The van der Waals surface area contributed by atoms with E-state index in [0.29, 0.717) is 5.69 Å². The number of ether oxygens (including phenoxy) is 1. The Labute approximate surface area is 186 Å². The Morgan fingerprint density at radius 3 is 2.48 bits per heavy atom. The van der Waals surface area contributed by atoms with Crippen LogP contribution >= 0.6 is 0 Å². The smallest absolute Gasteiger partial charge is 0.333 e. The van der Waals surface area contributed by atoms with Gasteiger partial charge in [0.2, 0.25) is 0 Å². The van der Waals surface area contributed by atoms with Crippen LogP contribution in [0, 0.1) is 17.0 Å². The molecule has 2 aromatic carbocycles. The van der Waals surface area contributed by atoms with Crippen molar-refractivity contribution in [3.8, 4) is 11.4 Å². The second kappa shape index (κ2) is 8.11. The first-order valence-electron chi connectivity index (χ1n) is 9.76. The number of benzene rings is 2. The Kier molecular flexibility index (Phi) is 5.30. The van der Waals surface area contributed by atoms with E-state index in [2.05, 4.69) is 10.3 Å². The van der Waals surface area contributed by atoms with Gasteiger partial charge in [0, 0.05) is 19.3 Å². The number of aromatic nitrogens is 3. The number of aryl methyl sites for hydroxylation is 2. The average molecular weight is 449 g/mol. The quantitative estimate of drug-likeness (QED) is 0.354. The van der Waals surface area contributed by atoms with Crippen molar-refractivity contribution in [2.24, 2.45) is 7.05 Å². The first kappa shape index (κ1) is 21.6. The molecule has 0 radical (unpaired) electrons. The average Bonchev–Trinajstić information content (AvgIpc) is 3.11. The van der Waals surface area contributed by atoms with E-state index in [1.165, 1.54) is 36.1 Å². The van der Waals surface area contributed by atoms with Gasteiger partial charge in [0.25, 0.3) is 17.2 Å². The molecule has 1 amide bonds. The molecular weight excluding hydrogens is 430 g/mol. The summed E-state index contributed by atoms with van der Waals surface area (Å²) in [4.78, 5) is 51.9. The molecule has 0 bridgehead atoms. The zero-order valence-electron chi connectivity index (χ0n) is 17.9. The number of hydrogen-bond acceptors (Lipinski definition) is 6. The van der Waals surface area contributed by atoms with Gasteiger partial charge in [0.1, 0.15) is 11.3 Å². The number of hydrogen-bond donors (Lipinski definition) is 2. The lowest BCUT2D eigenvalue weighted by Crippen LogP contribution is -2.34. The lowest BCUT2D eigenvalue weighted by molar-refractivity contribution is -0.384. The van der Waals surface area contributed by atoms with E-state index in [1.807, 2.05) is 6.92 Å². The van der Waals surface area contributed by atoms with Crippen LogP contribution in [0.5, 0.6) is 5.75 Å². The van der Waals surface area contributed by atoms with Crippen LogP contribution in [0.3, 0.4) is 0 Å². The molecule has 11 nitrogen and oxygen atoms in total. The molecule has 11 heteroatoms. The van der Waals surface area contributed by atoms with Crippen LogP contribution in [0.4, 0.5) is 11.4 Å². The van der Waals surface area contributed by atoms with E-state index in [4.69, 9.17) is 4.74 Å². The summed E-state index contributed by atoms with van der Waals surface area (Å²) in [5.74, 6) is -0.538. The van der Waals surface area contributed by atoms with E-state index in [0.717, 1.165) is 10.1 Å². The molecule has 0 unspecified atom stereocenters. The maximum Gasteiger partial charge on any atom is 0.333 e. The van der Waals surface area contributed by atoms with Gasteiger partial charge in [-0.2, -0.15) is 0 Å². The van der Waals surface area contributed by atoms with Crippen molar-refractivity contribution < 1.29 is 14.5 Å². The monoisotopic (exact) mass is 449 g/mol. The van der Waals surface area contributed by atoms with Crippen molar-refractivity contribution in [2.75, 3.05) is 12.4 Å². The van der Waals surface area contributed by atoms with Gasteiger partial charge in [-0.05, 0) is 25.1 Å². The van der Waals surface area contributed by atoms with Gasteiger partial charge in [0.05, 0.1) is 40.6 Å². The van der Waals surface area contributed by atoms with Crippen molar-refractivity contribution >= 4 is 28.3 Å². The molecule has 0 aliphatic rings. The summed E-state index contributed by atoms with van der Waals surface area (Å²) in [6, 6.07) is 10.6. The number of H-pyrrole nitrogens is 1. The minimum atomic E-state index is -0.690. The molecule has 168 valence electrons. The molecule has 4 rings (SSSR count). The summed E-state index contributed by atoms with van der Waals surface area (Å²) in [6.45, 7) is 1.89. The molecule has 0 fully saturated rings. The highest BCUT2D eigenvalue weighted by Gasteiger charge is 2.21. The summed E-state index contributed by atoms with van der Waals surface area (Å²) in [5.41, 5.74) is 0.372. The zero-order chi connectivity index (χ0) is 23.9. The SMILES string of the molecule is COc1cc([N+](=O)[O-])ccc1NC(=O)c1cn(C)c2c(=O)n(-c3ccc(C)cc3)c(=O)[nH]c12. The van der Waals surface area contributed by atoms with Gasteiger partial charge >= 0.3 is 5.69 Å². The number of nitro benzene ring substituents is 1. The maximum absolute atomic E-state index is 13.2. The van der Waals surface area contributed by atoms with Gasteiger partial charge in [-0.25, -0.2) is 9.36 Å². The number of non-ortho nitro benzene ring substituents is 1. The van der Waals surface area contributed by atoms with E-state index in [9.17, 15) is 24.5 Å². The minimum absolute atomic E-state index is 0.0539. The number of anilines is 1. The van der Waals surface area contributed by atoms with E-state index in [1.54, 1.807) is 31.3 Å². The summed E-state index contributed by atoms with van der Waals surface area (Å²) in [5, 5.41) is 13.6. The van der Waals surface area contributed by atoms with Crippen molar-refractivity contribution in [2.45, 2.75) is 6.92 Å². The molecule has 0 aliphatic carbocycles. The van der Waals surface area contributed by atoms with Gasteiger partial charge in [-0.15, -0.1) is 0 Å². The van der Waals surface area contributed by atoms with Crippen LogP contribution in [0.15, 0.2) is 58.3 Å². The first-order chi connectivity index (χ1) is 15.7. The Bertz CT molecular complexity index is 1530. The molecule has 2 heterocycles. The number of carbonyl (C=O) groups is 1. The summed E-state index contributed by atoms with van der Waals surface area (Å²) >= 11 is 0. The summed E-state index contributed by atoms with van der Waals surface area (Å²) in [7, 11) is 2.91. The molecule has 0 spiro atoms. The molecule has 0 atom stereocenters. The van der Waals surface area contributed by atoms with Crippen LogP contribution in [0.25, 0.3) is 16.7 Å². The van der Waals surface area contributed by atoms with E-state index in [-0.39, 0.29) is 33.7 Å². The topological polar surface area (TPSA) is 141 Å². The summed E-state index contributed by atoms with van der Waals surface area (Å²) < 4.78 is 7.60. The van der Waals surface area contributed by atoms with Crippen molar-refractivity contribution in [1.29, 1.82) is 0 Å². The van der Waals surface area contributed by atoms with Crippen molar-refractivity contribution in [3.63, 3.8) is 0 Å². The largest absolute Gasteiger partial charge is 0.494 e. The Balaban J connectivity index is 1.79. The second-order valence-corrected chi connectivity index (χ2v) is 7.38. The first-order valence-corrected chi connectivity index (χ1v) is 9.76. The minimum Gasteiger partial charge on any atom is -0.494 e. The number of methoxy groups -OCH3 is 1. The zero-order valence-corrected chi connectivity index (χ0v) is 17.9. The molecule has 4 aromatic rings. The van der Waals surface area contributed by atoms with Crippen molar-refractivity contribution in [1.82, 2.24) is 14.1 Å². The number of carbonyl (C=O) groups excluding carboxylic acids is 1. The molecule has 0 aliphatic heterocycles. The predicted molar refractivity (Wildman–Crippen MR) is 121 cm³/mol. The third-order valence-corrected chi connectivity index (χ3v) is 5.20. The Hall–Kier alpha value is -4.67. The number of rotatable bonds is 5. The van der Waals surface area contributed by atoms with Crippen LogP contribution in [0.1, 0.15) is 15.9 Å². The highest BCUT2D eigenvalue weighted by Crippen LogP contribution is 2.30. The lowest BCUT2D eigenvalue weighted by atomic mass is 10.2. The van der Waals surface area contributed by atoms with Crippen LogP contribution in [0.2, 0.25) is 0 Å². The van der Waals surface area contributed by atoms with Gasteiger partial charge < -0.3 is 19.6 Å². The van der Waals surface area contributed by atoms with Gasteiger partial charge in [-0.3, -0.25) is 19.7 Å². The fourth-order valence-corrected chi connectivity index (χ4v) is 3.56. The van der Waals surface area contributed by atoms with Crippen LogP contribution in [-0.4, -0.2) is 32.1 Å². The molecule has 2 N–H and O–H groups in total. The van der Waals surface area contributed by atoms with E-state index < -0.39 is 22.1 Å². The number of fused-ring (bicyclic) bond motifs is 1. The van der Waals surface area contributed by atoms with Gasteiger partial charge in [-0.1, -0.05) is 17.7 Å². The summed E-state index contributed by atoms with van der Waals surface area (Å²) in [6.07, 6.45) is 1.43. The van der Waals surface area contributed by atoms with Gasteiger partial charge in [0.15, 0.2) is 0 Å². The highest BCUT2D eigenvalue weighted by atomic mass is 16.6. The van der Waals surface area contributed by atoms with E-state index >= 15 is 0 Å². The normalized spacial score (nSPS) is 10.9. The molecule has 2 aromatic heterocycles. The fraction of sp³-hybridized carbons (Fsp3) is 0.136. The standard InChI is InChI=1S/C22H19N5O6/c1-12-4-6-13(7-5-12)26-21(29)19-18(24-22(26)30)15(11-25(19)2)20(28)23-16-9-8-14(27(31)32)10-17(16)33-3/h4-11H,1-3H3,(H,23,28)(H,24,30). The highest BCUT2D eigenvalue weighted by molar-refractivity contribution is 6.12. The van der Waals surface area contributed by atoms with Crippen LogP contribution in [-0.2, 0) is 7.05 Å². The second-order valence-electron chi connectivity index (χ2n) is 7.38. The molecule has 33 heavy (non-hydrogen) atoms. The third kappa shape index (κ3) is 3.76. The Morgan fingerprint density at radius 2 is 1.85 bits per heavy atom. The predicted octanol–water partition coefficient (Wildman–Crippen LogP) is 2.50. The number of nitrogens with one attached hydrogen (secondary N) is 2. The maximum atomic E-state index is 13.2. The Morgan fingerprint density at radius 1 is 1.15 bits per heavy atom. The molecule has 0 saturated heterocycles. The molecular formula is C22H19N5O6. The number of nitro groups is 1. The fourth-order valence-electron chi connectivity index (χ4n) is 3.56. The number of aromatic amines is 1. The van der Waals surface area contributed by atoms with Crippen molar-refractivity contribution in [3.05, 3.63) is 90.7 Å².